The third-order valence-corrected chi connectivity index (χ3v) is 6.06. The molecular weight excluding hydrogens is 236 g/mol. The minimum Gasteiger partial charge on any atom is -0.359 e. The van der Waals surface area contributed by atoms with Crippen molar-refractivity contribution in [1.82, 2.24) is 5.32 Å². The largest absolute Gasteiger partial charge is 0.359 e. The topological polar surface area (TPSA) is 24.4 Å². The monoisotopic (exact) mass is 258 g/mol. The molecule has 0 amide bonds. The van der Waals surface area contributed by atoms with Gasteiger partial charge < -0.3 is 5.32 Å². The van der Waals surface area contributed by atoms with Crippen molar-refractivity contribution in [2.45, 2.75) is 56.4 Å². The number of hydrogen-bond acceptors (Lipinski definition) is 3. The van der Waals surface area contributed by atoms with E-state index in [-0.39, 0.29) is 5.54 Å². The van der Waals surface area contributed by atoms with Crippen molar-refractivity contribution in [3.8, 4) is 0 Å². The van der Waals surface area contributed by atoms with E-state index in [9.17, 15) is 0 Å². The van der Waals surface area contributed by atoms with Gasteiger partial charge in [0, 0.05) is 16.5 Å². The summed E-state index contributed by atoms with van der Waals surface area (Å²) in [6, 6.07) is 0.576. The Morgan fingerprint density at radius 1 is 1.56 bits per heavy atom. The van der Waals surface area contributed by atoms with Crippen LogP contribution in [0.5, 0.6) is 0 Å². The summed E-state index contributed by atoms with van der Waals surface area (Å²) in [5, 5.41) is 5.62. The third kappa shape index (κ3) is 2.89. The number of nitrogens with one attached hydrogen (secondary N) is 1. The Bertz CT molecular complexity index is 280. The summed E-state index contributed by atoms with van der Waals surface area (Å²) < 4.78 is 0. The van der Waals surface area contributed by atoms with Gasteiger partial charge in [-0.3, -0.25) is 4.99 Å². The molecule has 0 aromatic heterocycles. The number of hydrogen-bond donors (Lipinski definition) is 1. The standard InChI is InChI=1S/C12H22N2S2/c1-4-12(2)8-16-11(14-12)13-9-5-6-10(7-9)15-3/h9-10H,4-8H2,1-3H3,(H,13,14). The summed E-state index contributed by atoms with van der Waals surface area (Å²) in [6.07, 6.45) is 7.29. The van der Waals surface area contributed by atoms with Crippen molar-refractivity contribution in [2.24, 2.45) is 4.99 Å². The van der Waals surface area contributed by atoms with Gasteiger partial charge in [0.05, 0.1) is 6.04 Å². The molecule has 1 aliphatic heterocycles. The second-order valence-corrected chi connectivity index (χ2v) is 7.19. The Labute approximate surface area is 107 Å². The molecule has 0 spiro atoms. The number of amidine groups is 1. The van der Waals surface area contributed by atoms with E-state index in [1.807, 2.05) is 23.5 Å². The summed E-state index contributed by atoms with van der Waals surface area (Å²) in [6.45, 7) is 4.54. The Morgan fingerprint density at radius 3 is 2.94 bits per heavy atom. The number of rotatable bonds is 3. The van der Waals surface area contributed by atoms with Crippen molar-refractivity contribution >= 4 is 28.7 Å². The quantitative estimate of drug-likeness (QED) is 0.841. The highest BCUT2D eigenvalue weighted by Crippen LogP contribution is 2.32. The minimum atomic E-state index is 0.279. The molecule has 16 heavy (non-hydrogen) atoms. The number of nitrogens with zero attached hydrogens (tertiary/aromatic N) is 1. The zero-order valence-electron chi connectivity index (χ0n) is 10.5. The van der Waals surface area contributed by atoms with Crippen LogP contribution in [0.25, 0.3) is 0 Å². The first-order valence-electron chi connectivity index (χ1n) is 6.17. The lowest BCUT2D eigenvalue weighted by Gasteiger charge is -2.21. The molecule has 4 heteroatoms. The predicted octanol–water partition coefficient (Wildman–Crippen LogP) is 3.13. The van der Waals surface area contributed by atoms with E-state index in [1.54, 1.807) is 0 Å². The smallest absolute Gasteiger partial charge is 0.157 e. The van der Waals surface area contributed by atoms with E-state index < -0.39 is 0 Å². The summed E-state index contributed by atoms with van der Waals surface area (Å²) in [4.78, 5) is 4.87. The van der Waals surface area contributed by atoms with Crippen LogP contribution in [0.15, 0.2) is 4.99 Å². The first-order valence-corrected chi connectivity index (χ1v) is 8.44. The molecule has 0 aromatic carbocycles. The maximum Gasteiger partial charge on any atom is 0.157 e. The molecule has 3 unspecified atom stereocenters. The Morgan fingerprint density at radius 2 is 2.38 bits per heavy atom. The third-order valence-electron chi connectivity index (χ3n) is 3.71. The molecule has 0 radical (unpaired) electrons. The fourth-order valence-corrected chi connectivity index (χ4v) is 4.29. The van der Waals surface area contributed by atoms with Crippen LogP contribution in [0.3, 0.4) is 0 Å². The van der Waals surface area contributed by atoms with Crippen molar-refractivity contribution in [1.29, 1.82) is 0 Å². The van der Waals surface area contributed by atoms with Gasteiger partial charge in [-0.25, -0.2) is 0 Å². The van der Waals surface area contributed by atoms with Crippen molar-refractivity contribution in [3.63, 3.8) is 0 Å². The molecular formula is C12H22N2S2. The van der Waals surface area contributed by atoms with Gasteiger partial charge in [0.2, 0.25) is 0 Å². The SMILES string of the molecule is CCC1(C)CSC(=NC2CCC(SC)C2)N1. The number of thioether (sulfide) groups is 2. The van der Waals surface area contributed by atoms with E-state index in [1.165, 1.54) is 36.6 Å². The molecule has 0 bridgehead atoms. The molecule has 2 aliphatic rings. The summed E-state index contributed by atoms with van der Waals surface area (Å²) in [7, 11) is 0. The first-order chi connectivity index (χ1) is 7.65. The van der Waals surface area contributed by atoms with Gasteiger partial charge in [-0.15, -0.1) is 0 Å². The zero-order valence-corrected chi connectivity index (χ0v) is 12.1. The fourth-order valence-electron chi connectivity index (χ4n) is 2.23. The predicted molar refractivity (Wildman–Crippen MR) is 76.7 cm³/mol. The van der Waals surface area contributed by atoms with Crippen LogP contribution < -0.4 is 5.32 Å². The van der Waals surface area contributed by atoms with Gasteiger partial charge in [0.25, 0.3) is 0 Å². The van der Waals surface area contributed by atoms with Gasteiger partial charge in [-0.05, 0) is 38.9 Å². The number of aliphatic imine (C=N–C) groups is 1. The highest BCUT2D eigenvalue weighted by atomic mass is 32.2. The second-order valence-electron chi connectivity index (χ2n) is 5.09. The van der Waals surface area contributed by atoms with E-state index >= 15 is 0 Å². The van der Waals surface area contributed by atoms with E-state index in [0.29, 0.717) is 6.04 Å². The van der Waals surface area contributed by atoms with Crippen LogP contribution in [0.2, 0.25) is 0 Å². The van der Waals surface area contributed by atoms with Crippen molar-refractivity contribution in [2.75, 3.05) is 12.0 Å². The molecule has 2 fully saturated rings. The maximum absolute atomic E-state index is 4.87. The van der Waals surface area contributed by atoms with E-state index in [0.717, 1.165) is 5.25 Å². The average Bonchev–Trinajstić information content (AvgIpc) is 2.87. The molecule has 0 aromatic rings. The fraction of sp³-hybridized carbons (Fsp3) is 0.917. The van der Waals surface area contributed by atoms with Crippen LogP contribution in [0.1, 0.15) is 39.5 Å². The molecule has 1 saturated carbocycles. The van der Waals surface area contributed by atoms with Gasteiger partial charge >= 0.3 is 0 Å². The highest BCUT2D eigenvalue weighted by molar-refractivity contribution is 8.14. The zero-order chi connectivity index (χ0) is 11.6. The van der Waals surface area contributed by atoms with Gasteiger partial charge in [0.1, 0.15) is 0 Å². The molecule has 1 aliphatic carbocycles. The summed E-state index contributed by atoms with van der Waals surface area (Å²) in [5.74, 6) is 1.17. The van der Waals surface area contributed by atoms with Gasteiger partial charge in [-0.1, -0.05) is 18.7 Å². The van der Waals surface area contributed by atoms with Crippen LogP contribution in [0.4, 0.5) is 0 Å². The van der Waals surface area contributed by atoms with Crippen LogP contribution in [-0.2, 0) is 0 Å². The Balaban J connectivity index is 1.90. The molecule has 1 heterocycles. The van der Waals surface area contributed by atoms with Crippen molar-refractivity contribution < 1.29 is 0 Å². The average molecular weight is 258 g/mol. The van der Waals surface area contributed by atoms with Crippen LogP contribution in [-0.4, -0.2) is 34.0 Å². The summed E-state index contributed by atoms with van der Waals surface area (Å²) in [5.41, 5.74) is 0.279. The Kier molecular flexibility index (Phi) is 4.11. The molecule has 92 valence electrons. The Hall–Kier alpha value is 0.170. The normalized spacial score (nSPS) is 41.6. The van der Waals surface area contributed by atoms with Crippen LogP contribution >= 0.6 is 23.5 Å². The molecule has 2 nitrogen and oxygen atoms in total. The molecule has 3 atom stereocenters. The summed E-state index contributed by atoms with van der Waals surface area (Å²) >= 11 is 3.90. The van der Waals surface area contributed by atoms with E-state index in [2.05, 4.69) is 25.4 Å². The first kappa shape index (κ1) is 12.6. The lowest BCUT2D eigenvalue weighted by molar-refractivity contribution is 0.465. The molecule has 1 N–H and O–H groups in total. The highest BCUT2D eigenvalue weighted by Gasteiger charge is 2.32. The minimum absolute atomic E-state index is 0.279. The van der Waals surface area contributed by atoms with Crippen LogP contribution in [0, 0.1) is 0 Å². The second kappa shape index (κ2) is 5.21. The van der Waals surface area contributed by atoms with Gasteiger partial charge in [0.15, 0.2) is 5.17 Å². The lowest BCUT2D eigenvalue weighted by Crippen LogP contribution is -2.39. The lowest BCUT2D eigenvalue weighted by atomic mass is 10.0. The van der Waals surface area contributed by atoms with E-state index in [4.69, 9.17) is 4.99 Å². The molecule has 2 rings (SSSR count). The van der Waals surface area contributed by atoms with Crippen molar-refractivity contribution in [3.05, 3.63) is 0 Å². The maximum atomic E-state index is 4.87. The molecule has 1 saturated heterocycles. The van der Waals surface area contributed by atoms with Gasteiger partial charge in [-0.2, -0.15) is 11.8 Å².